The summed E-state index contributed by atoms with van der Waals surface area (Å²) in [5.74, 6) is -0.157. The summed E-state index contributed by atoms with van der Waals surface area (Å²) in [7, 11) is 0. The predicted molar refractivity (Wildman–Crippen MR) is 215 cm³/mol. The van der Waals surface area contributed by atoms with Crippen molar-refractivity contribution in [1.82, 2.24) is 0 Å². The van der Waals surface area contributed by atoms with Gasteiger partial charge in [-0.1, -0.05) is 37.4 Å². The van der Waals surface area contributed by atoms with Crippen LogP contribution in [0.25, 0.3) is 0 Å². The van der Waals surface area contributed by atoms with Gasteiger partial charge in [-0.2, -0.15) is 0 Å². The maximum absolute atomic E-state index is 12.7. The number of hydrogen-bond donors (Lipinski definition) is 1. The van der Waals surface area contributed by atoms with Gasteiger partial charge in [0, 0.05) is 23.0 Å². The summed E-state index contributed by atoms with van der Waals surface area (Å²) in [5, 5.41) is 9.08. The molecule has 8 bridgehead atoms. The zero-order chi connectivity index (χ0) is 42.7. The number of carbonyl (C=O) groups excluding carboxylic acids is 6. The third kappa shape index (κ3) is 11.2. The Morgan fingerprint density at radius 3 is 1.43 bits per heavy atom. The quantitative estimate of drug-likeness (QED) is 0.121. The van der Waals surface area contributed by atoms with Gasteiger partial charge < -0.3 is 52.8 Å². The standard InChI is InChI=1S/C23H26O6.C19H22O5.C4H5ClO.HI/c1-12(2)21(24)27-13(3)15-4-6-16(7-5-15)22(25)29-20-17-8-14-9-18(11-17)23(26)28-19(20)10-14;1-10(20)12-2-4-13(5-3-12)18(21)24-17-14-6-11-7-15(9-14)19(22)23-16(17)8-11;1-3(2)4(5)6;/h4-7,13-14,17-20H,1,8-11H2,2-3H3;2-5,10-11,14-17,20H,6-9H2,1H3;1H2,2H3;1H/p-1. The van der Waals surface area contributed by atoms with Crippen LogP contribution in [0, 0.1) is 35.5 Å². The number of halogens is 2. The number of rotatable bonds is 9. The van der Waals surface area contributed by atoms with Gasteiger partial charge in [0.25, 0.3) is 0 Å². The molecule has 4 heterocycles. The molecular weight excluding hydrogens is 907 g/mol. The number of carbonyl (C=O) groups is 6. The molecule has 12 nitrogen and oxygen atoms in total. The van der Waals surface area contributed by atoms with Gasteiger partial charge in [-0.3, -0.25) is 14.4 Å². The molecule has 0 radical (unpaired) electrons. The zero-order valence-corrected chi connectivity index (χ0v) is 37.2. The van der Waals surface area contributed by atoms with Crippen molar-refractivity contribution in [3.05, 3.63) is 95.1 Å². The first kappa shape index (κ1) is 47.0. The normalized spacial score (nSPS) is 29.8. The molecule has 324 valence electrons. The molecule has 12 unspecified atom stereocenters. The van der Waals surface area contributed by atoms with Crippen molar-refractivity contribution < 1.29 is 81.5 Å². The van der Waals surface area contributed by atoms with Crippen molar-refractivity contribution in [2.45, 2.75) is 116 Å². The van der Waals surface area contributed by atoms with Gasteiger partial charge >= 0.3 is 29.8 Å². The molecule has 4 saturated heterocycles. The van der Waals surface area contributed by atoms with E-state index in [2.05, 4.69) is 13.2 Å². The van der Waals surface area contributed by atoms with Gasteiger partial charge in [-0.25, -0.2) is 14.4 Å². The second kappa shape index (κ2) is 20.2. The third-order valence-corrected chi connectivity index (χ3v) is 12.7. The summed E-state index contributed by atoms with van der Waals surface area (Å²) in [4.78, 5) is 70.9. The van der Waals surface area contributed by atoms with Gasteiger partial charge in [0.05, 0.1) is 29.1 Å². The Hall–Kier alpha value is -4.08. The number of aliphatic hydroxyl groups is 1. The molecule has 4 saturated carbocycles. The van der Waals surface area contributed by atoms with Gasteiger partial charge in [-0.05, 0) is 138 Å². The molecular formula is C46H53ClIO12-. The van der Waals surface area contributed by atoms with Crippen LogP contribution in [0.4, 0.5) is 0 Å². The zero-order valence-electron chi connectivity index (χ0n) is 34.3. The monoisotopic (exact) mass is 959 g/mol. The molecule has 12 atom stereocenters. The summed E-state index contributed by atoms with van der Waals surface area (Å²) in [5.41, 5.74) is 3.13. The van der Waals surface area contributed by atoms with Crippen molar-refractivity contribution in [3.63, 3.8) is 0 Å². The second-order valence-electron chi connectivity index (χ2n) is 17.0. The number of hydrogen-bond acceptors (Lipinski definition) is 12. The lowest BCUT2D eigenvalue weighted by atomic mass is 9.67. The molecule has 2 aromatic carbocycles. The molecule has 8 fully saturated rings. The predicted octanol–water partition coefficient (Wildman–Crippen LogP) is 4.71. The Kier molecular flexibility index (Phi) is 15.8. The van der Waals surface area contributed by atoms with Crippen LogP contribution in [-0.2, 0) is 42.9 Å². The van der Waals surface area contributed by atoms with E-state index in [0.29, 0.717) is 34.1 Å². The van der Waals surface area contributed by atoms with Gasteiger partial charge in [0.1, 0.15) is 30.5 Å². The lowest BCUT2D eigenvalue weighted by molar-refractivity contribution is -0.157. The van der Waals surface area contributed by atoms with E-state index < -0.39 is 29.4 Å². The van der Waals surface area contributed by atoms with E-state index in [1.807, 2.05) is 0 Å². The van der Waals surface area contributed by atoms with Crippen LogP contribution in [0.5, 0.6) is 0 Å². The molecule has 10 rings (SSSR count). The SMILES string of the molecule is C=C(C)C(=O)Cl.C=C(C)C(=O)OC(C)c1ccc(C(=O)OC2C3CC4CC(C3)C(=O)OC2C4)cc1.CC(O)c1ccc(C(=O)OC2C3CC4CC(C3)C(=O)OC2C4)cc1.[I-]. The fraction of sp³-hybridized carbons (Fsp3) is 0.522. The van der Waals surface area contributed by atoms with Crippen LogP contribution in [0.1, 0.15) is 123 Å². The molecule has 4 aliphatic heterocycles. The molecule has 0 spiro atoms. The maximum Gasteiger partial charge on any atom is 0.338 e. The number of fused-ring (bicyclic) bond motifs is 2. The number of benzene rings is 2. The van der Waals surface area contributed by atoms with E-state index in [-0.39, 0.29) is 90.0 Å². The molecule has 0 amide bonds. The minimum absolute atomic E-state index is 0. The molecule has 2 aromatic rings. The van der Waals surface area contributed by atoms with Crippen molar-refractivity contribution in [1.29, 1.82) is 0 Å². The van der Waals surface area contributed by atoms with Crippen LogP contribution in [0.2, 0.25) is 0 Å². The lowest BCUT2D eigenvalue weighted by Crippen LogP contribution is -3.00. The summed E-state index contributed by atoms with van der Waals surface area (Å²) in [6.45, 7) is 13.4. The Morgan fingerprint density at radius 2 is 1.07 bits per heavy atom. The Morgan fingerprint density at radius 1 is 0.667 bits per heavy atom. The maximum atomic E-state index is 12.7. The number of aliphatic hydroxyl groups excluding tert-OH is 1. The van der Waals surface area contributed by atoms with Crippen molar-refractivity contribution >= 4 is 46.7 Å². The lowest BCUT2D eigenvalue weighted by Gasteiger charge is -2.41. The van der Waals surface area contributed by atoms with E-state index in [9.17, 15) is 33.9 Å². The summed E-state index contributed by atoms with van der Waals surface area (Å²) < 4.78 is 28.1. The molecule has 14 heteroatoms. The Labute approximate surface area is 372 Å². The number of esters is 5. The minimum Gasteiger partial charge on any atom is -1.00 e. The first-order valence-electron chi connectivity index (χ1n) is 20.4. The summed E-state index contributed by atoms with van der Waals surface area (Å²) in [6.07, 6.45) is 4.58. The van der Waals surface area contributed by atoms with E-state index in [4.69, 9.17) is 35.3 Å². The summed E-state index contributed by atoms with van der Waals surface area (Å²) in [6, 6.07) is 13.6. The van der Waals surface area contributed by atoms with Gasteiger partial charge in [0.15, 0.2) is 0 Å². The highest BCUT2D eigenvalue weighted by molar-refractivity contribution is 6.67. The second-order valence-corrected chi connectivity index (χ2v) is 17.4. The highest BCUT2D eigenvalue weighted by atomic mass is 127. The minimum atomic E-state index is -0.567. The molecule has 1 N–H and O–H groups in total. The van der Waals surface area contributed by atoms with Gasteiger partial charge in [-0.15, -0.1) is 0 Å². The smallest absolute Gasteiger partial charge is 0.338 e. The van der Waals surface area contributed by atoms with Crippen LogP contribution in [0.15, 0.2) is 72.8 Å². The highest BCUT2D eigenvalue weighted by Crippen LogP contribution is 2.49. The fourth-order valence-electron chi connectivity index (χ4n) is 9.37. The molecule has 8 aliphatic rings. The van der Waals surface area contributed by atoms with E-state index in [1.165, 1.54) is 0 Å². The van der Waals surface area contributed by atoms with Crippen molar-refractivity contribution in [2.75, 3.05) is 0 Å². The fourth-order valence-corrected chi connectivity index (χ4v) is 9.37. The summed E-state index contributed by atoms with van der Waals surface area (Å²) >= 11 is 4.87. The van der Waals surface area contributed by atoms with Crippen LogP contribution < -0.4 is 24.0 Å². The van der Waals surface area contributed by atoms with Crippen LogP contribution in [-0.4, -0.2) is 64.6 Å². The largest absolute Gasteiger partial charge is 1.00 e. The van der Waals surface area contributed by atoms with Crippen molar-refractivity contribution in [2.24, 2.45) is 35.5 Å². The van der Waals surface area contributed by atoms with Gasteiger partial charge in [0.2, 0.25) is 5.24 Å². The topological polar surface area (TPSA) is 169 Å². The molecule has 4 aliphatic carbocycles. The Balaban J connectivity index is 0.000000200. The molecule has 60 heavy (non-hydrogen) atoms. The number of allylic oxidation sites excluding steroid dienone is 1. The third-order valence-electron chi connectivity index (χ3n) is 12.4. The highest BCUT2D eigenvalue weighted by Gasteiger charge is 2.53. The van der Waals surface area contributed by atoms with Crippen LogP contribution >= 0.6 is 11.6 Å². The van der Waals surface area contributed by atoms with E-state index >= 15 is 0 Å². The average Bonchev–Trinajstić information content (AvgIpc) is 3.47. The average molecular weight is 960 g/mol. The molecule has 0 aromatic heterocycles. The van der Waals surface area contributed by atoms with E-state index in [1.54, 1.807) is 76.2 Å². The Bertz CT molecular complexity index is 1950. The van der Waals surface area contributed by atoms with E-state index in [0.717, 1.165) is 62.5 Å². The van der Waals surface area contributed by atoms with Crippen molar-refractivity contribution in [3.8, 4) is 0 Å². The number of ether oxygens (including phenoxy) is 5. The first-order valence-corrected chi connectivity index (χ1v) is 20.8. The first-order chi connectivity index (χ1) is 28.0. The van der Waals surface area contributed by atoms with Crippen LogP contribution in [0.3, 0.4) is 0 Å².